The van der Waals surface area contributed by atoms with Gasteiger partial charge in [0.2, 0.25) is 0 Å². The van der Waals surface area contributed by atoms with Crippen molar-refractivity contribution in [1.29, 1.82) is 0 Å². The van der Waals surface area contributed by atoms with Gasteiger partial charge in [-0.25, -0.2) is 0 Å². The Bertz CT molecular complexity index is 1200. The molecule has 0 amide bonds. The van der Waals surface area contributed by atoms with Crippen molar-refractivity contribution in [3.63, 3.8) is 0 Å². The van der Waals surface area contributed by atoms with Crippen molar-refractivity contribution in [3.05, 3.63) is 97.1 Å². The molecule has 0 aliphatic rings. The van der Waals surface area contributed by atoms with E-state index in [1.165, 1.54) is 44.0 Å². The molecule has 0 unspecified atom stereocenters. The molecule has 0 spiro atoms. The van der Waals surface area contributed by atoms with Crippen LogP contribution in [0.3, 0.4) is 0 Å². The Balaban J connectivity index is 1.70. The van der Waals surface area contributed by atoms with Crippen molar-refractivity contribution in [1.82, 2.24) is 0 Å². The summed E-state index contributed by atoms with van der Waals surface area (Å²) in [7, 11) is 15.8. The maximum absolute atomic E-state index is 2.49. The van der Waals surface area contributed by atoms with Crippen LogP contribution in [0.1, 0.15) is 20.3 Å². The summed E-state index contributed by atoms with van der Waals surface area (Å²) in [6.07, 6.45) is 1.16. The van der Waals surface area contributed by atoms with Crippen molar-refractivity contribution >= 4 is 59.8 Å². The molecule has 0 fully saturated rings. The lowest BCUT2D eigenvalue weighted by Gasteiger charge is -2.32. The van der Waals surface area contributed by atoms with Gasteiger partial charge in [-0.1, -0.05) is 62.4 Å². The third-order valence-corrected chi connectivity index (χ3v) is 13.7. The molecule has 0 radical (unpaired) electrons. The maximum atomic E-state index is 2.49. The van der Waals surface area contributed by atoms with Crippen LogP contribution in [0.2, 0.25) is 0 Å². The highest BCUT2D eigenvalue weighted by atomic mass is 31.1. The van der Waals surface area contributed by atoms with Crippen molar-refractivity contribution in [2.75, 3.05) is 76.0 Å². The first kappa shape index (κ1) is 32.8. The van der Waals surface area contributed by atoms with E-state index >= 15 is 0 Å². The smallest absolute Gasteiger partial charge is 0.0361 e. The lowest BCUT2D eigenvalue weighted by Crippen LogP contribution is -2.26. The van der Waals surface area contributed by atoms with Crippen LogP contribution in [0.25, 0.3) is 0 Å². The standard InChI is InChI=1S/C37H50N4P2/c1-28(42(34-19-11-30(12-20-34)38(3)4)35-21-13-31(14-22-35)39(5)6)27-29(2)43(36-23-15-32(16-24-36)40(7)8)37-25-17-33(18-26-37)41(9)10/h11-26,28-29H,27H2,1-10H3/t28-,29-/m1/s1. The van der Waals surface area contributed by atoms with E-state index < -0.39 is 15.8 Å². The summed E-state index contributed by atoms with van der Waals surface area (Å²) < 4.78 is 0. The van der Waals surface area contributed by atoms with Crippen molar-refractivity contribution in [3.8, 4) is 0 Å². The Hall–Kier alpha value is -3.06. The SMILES string of the molecule is C[C@H](C[C@@H](C)P(c1ccc(N(C)C)cc1)c1ccc(N(C)C)cc1)P(c1ccc(N(C)C)cc1)c1ccc(N(C)C)cc1. The summed E-state index contributed by atoms with van der Waals surface area (Å²) in [5.41, 5.74) is 6.02. The number of anilines is 4. The molecule has 4 nitrogen and oxygen atoms in total. The molecule has 2 atom stereocenters. The van der Waals surface area contributed by atoms with Gasteiger partial charge in [0.25, 0.3) is 0 Å². The Morgan fingerprint density at radius 2 is 0.558 bits per heavy atom. The van der Waals surface area contributed by atoms with Crippen molar-refractivity contribution in [2.24, 2.45) is 0 Å². The highest BCUT2D eigenvalue weighted by molar-refractivity contribution is 7.74. The highest BCUT2D eigenvalue weighted by Crippen LogP contribution is 2.48. The Labute approximate surface area is 263 Å². The Morgan fingerprint density at radius 1 is 0.372 bits per heavy atom. The molecule has 0 N–H and O–H groups in total. The number of rotatable bonds is 12. The number of nitrogens with zero attached hydrogens (tertiary/aromatic N) is 4. The second kappa shape index (κ2) is 14.6. The van der Waals surface area contributed by atoms with Gasteiger partial charge < -0.3 is 19.6 Å². The molecule has 6 heteroatoms. The summed E-state index contributed by atoms with van der Waals surface area (Å²) in [4.78, 5) is 8.72. The average molecular weight is 613 g/mol. The molecule has 0 saturated carbocycles. The minimum absolute atomic E-state index is 0.521. The molecule has 0 aliphatic carbocycles. The summed E-state index contributed by atoms with van der Waals surface area (Å²) in [5.74, 6) is 0. The normalized spacial score (nSPS) is 12.7. The Morgan fingerprint density at radius 3 is 0.721 bits per heavy atom. The van der Waals surface area contributed by atoms with Crippen LogP contribution < -0.4 is 40.8 Å². The van der Waals surface area contributed by atoms with E-state index in [1.807, 2.05) is 0 Å². The zero-order chi connectivity index (χ0) is 31.3. The molecule has 0 aliphatic heterocycles. The topological polar surface area (TPSA) is 13.0 Å². The quantitative estimate of drug-likeness (QED) is 0.166. The van der Waals surface area contributed by atoms with Gasteiger partial charge in [-0.2, -0.15) is 0 Å². The van der Waals surface area contributed by atoms with Crippen LogP contribution in [0.4, 0.5) is 22.7 Å². The average Bonchev–Trinajstić information content (AvgIpc) is 2.98. The molecule has 43 heavy (non-hydrogen) atoms. The number of hydrogen-bond acceptors (Lipinski definition) is 4. The van der Waals surface area contributed by atoms with E-state index in [9.17, 15) is 0 Å². The Kier molecular flexibility index (Phi) is 11.2. The summed E-state index contributed by atoms with van der Waals surface area (Å²) in [6.45, 7) is 4.97. The summed E-state index contributed by atoms with van der Waals surface area (Å²) >= 11 is 0. The lowest BCUT2D eigenvalue weighted by atomic mass is 10.2. The van der Waals surface area contributed by atoms with Crippen LogP contribution in [-0.4, -0.2) is 67.7 Å². The zero-order valence-electron chi connectivity index (χ0n) is 27.8. The van der Waals surface area contributed by atoms with Gasteiger partial charge in [0, 0.05) is 79.1 Å². The number of benzene rings is 4. The van der Waals surface area contributed by atoms with E-state index in [2.05, 4.69) is 187 Å². The molecule has 0 bridgehead atoms. The van der Waals surface area contributed by atoms with E-state index in [0.717, 1.165) is 6.42 Å². The highest BCUT2D eigenvalue weighted by Gasteiger charge is 2.28. The minimum Gasteiger partial charge on any atom is -0.378 e. The largest absolute Gasteiger partial charge is 0.378 e. The molecule has 0 aromatic heterocycles. The van der Waals surface area contributed by atoms with E-state index in [-0.39, 0.29) is 0 Å². The molecule has 0 saturated heterocycles. The van der Waals surface area contributed by atoms with Crippen LogP contribution in [0.5, 0.6) is 0 Å². The predicted molar refractivity (Wildman–Crippen MR) is 199 cm³/mol. The fraction of sp³-hybridized carbons (Fsp3) is 0.351. The third kappa shape index (κ3) is 8.11. The fourth-order valence-electron chi connectivity index (χ4n) is 5.67. The first-order valence-electron chi connectivity index (χ1n) is 15.1. The predicted octanol–water partition coefficient (Wildman–Crippen LogP) is 6.68. The summed E-state index contributed by atoms with van der Waals surface area (Å²) in [5, 5.41) is 5.81. The minimum atomic E-state index is -0.538. The zero-order valence-corrected chi connectivity index (χ0v) is 29.6. The van der Waals surface area contributed by atoms with Crippen LogP contribution in [-0.2, 0) is 0 Å². The fourth-order valence-corrected chi connectivity index (χ4v) is 11.4. The van der Waals surface area contributed by atoms with Crippen molar-refractivity contribution in [2.45, 2.75) is 31.6 Å². The van der Waals surface area contributed by atoms with Gasteiger partial charge in [-0.05, 0) is 103 Å². The van der Waals surface area contributed by atoms with Gasteiger partial charge >= 0.3 is 0 Å². The monoisotopic (exact) mass is 612 g/mol. The third-order valence-electron chi connectivity index (χ3n) is 8.14. The lowest BCUT2D eigenvalue weighted by molar-refractivity contribution is 0.793. The second-order valence-electron chi connectivity index (χ2n) is 12.3. The second-order valence-corrected chi connectivity index (χ2v) is 17.6. The number of hydrogen-bond donors (Lipinski definition) is 0. The van der Waals surface area contributed by atoms with Gasteiger partial charge in [0.15, 0.2) is 0 Å². The van der Waals surface area contributed by atoms with Gasteiger partial charge in [-0.15, -0.1) is 0 Å². The van der Waals surface area contributed by atoms with Crippen LogP contribution in [0.15, 0.2) is 97.1 Å². The molecule has 4 aromatic rings. The maximum Gasteiger partial charge on any atom is 0.0361 e. The van der Waals surface area contributed by atoms with Gasteiger partial charge in [-0.3, -0.25) is 0 Å². The van der Waals surface area contributed by atoms with Gasteiger partial charge in [0.1, 0.15) is 0 Å². The first-order chi connectivity index (χ1) is 20.5. The summed E-state index contributed by atoms with van der Waals surface area (Å²) in [6, 6.07) is 37.2. The molecule has 228 valence electrons. The van der Waals surface area contributed by atoms with E-state index in [4.69, 9.17) is 0 Å². The van der Waals surface area contributed by atoms with Gasteiger partial charge in [0.05, 0.1) is 0 Å². The molecular formula is C37H50N4P2. The molecular weight excluding hydrogens is 562 g/mol. The molecule has 4 rings (SSSR count). The van der Waals surface area contributed by atoms with E-state index in [0.29, 0.717) is 11.3 Å². The van der Waals surface area contributed by atoms with Crippen molar-refractivity contribution < 1.29 is 0 Å². The first-order valence-corrected chi connectivity index (χ1v) is 18.0. The van der Waals surface area contributed by atoms with E-state index in [1.54, 1.807) is 0 Å². The van der Waals surface area contributed by atoms with Crippen LogP contribution >= 0.6 is 15.8 Å². The van der Waals surface area contributed by atoms with Crippen LogP contribution in [0, 0.1) is 0 Å². The molecule has 0 heterocycles. The molecule has 4 aromatic carbocycles.